The fraction of sp³-hybridized carbons (Fsp3) is 0.818. The summed E-state index contributed by atoms with van der Waals surface area (Å²) in [7, 11) is 1.73. The van der Waals surface area contributed by atoms with Gasteiger partial charge in [-0.15, -0.1) is 11.8 Å². The lowest BCUT2D eigenvalue weighted by Gasteiger charge is -2.41. The minimum Gasteiger partial charge on any atom is -0.381 e. The highest BCUT2D eigenvalue weighted by Gasteiger charge is 2.39. The highest BCUT2D eigenvalue weighted by Crippen LogP contribution is 2.29. The van der Waals surface area contributed by atoms with E-state index in [1.807, 2.05) is 6.92 Å². The van der Waals surface area contributed by atoms with Gasteiger partial charge in [-0.1, -0.05) is 0 Å². The quantitative estimate of drug-likeness (QED) is 0.403. The number of ether oxygens (including phenoxy) is 2. The molecule has 0 saturated carbocycles. The number of hydrogen-bond acceptors (Lipinski definition) is 4. The maximum Gasteiger partial charge on any atom is 0.0897 e. The first-order valence-electron chi connectivity index (χ1n) is 5.27. The van der Waals surface area contributed by atoms with Gasteiger partial charge in [-0.05, 0) is 6.92 Å². The fourth-order valence-electron chi connectivity index (χ4n) is 2.01. The average Bonchev–Trinajstić information content (AvgIpc) is 2.31. The van der Waals surface area contributed by atoms with Crippen molar-refractivity contribution in [2.45, 2.75) is 37.8 Å². The van der Waals surface area contributed by atoms with E-state index in [9.17, 15) is 0 Å². The molecule has 86 valence electrons. The van der Waals surface area contributed by atoms with Gasteiger partial charge in [0.2, 0.25) is 0 Å². The Morgan fingerprint density at radius 3 is 2.67 bits per heavy atom. The Morgan fingerprint density at radius 2 is 2.20 bits per heavy atom. The second-order valence-corrected chi connectivity index (χ2v) is 3.73. The Labute approximate surface area is 91.5 Å². The third kappa shape index (κ3) is 2.93. The molecule has 1 aliphatic heterocycles. The summed E-state index contributed by atoms with van der Waals surface area (Å²) in [4.78, 5) is 0. The van der Waals surface area contributed by atoms with E-state index in [0.29, 0.717) is 6.42 Å². The summed E-state index contributed by atoms with van der Waals surface area (Å²) in [6.45, 7) is 3.29. The fourth-order valence-corrected chi connectivity index (χ4v) is 2.01. The van der Waals surface area contributed by atoms with Gasteiger partial charge in [0.15, 0.2) is 0 Å². The lowest BCUT2D eigenvalue weighted by Crippen LogP contribution is -2.56. The molecule has 0 aromatic rings. The Bertz CT molecular complexity index is 239. The van der Waals surface area contributed by atoms with Crippen LogP contribution in [0, 0.1) is 11.8 Å². The van der Waals surface area contributed by atoms with Gasteiger partial charge >= 0.3 is 0 Å². The highest BCUT2D eigenvalue weighted by atomic mass is 16.5. The van der Waals surface area contributed by atoms with Gasteiger partial charge in [0.1, 0.15) is 0 Å². The van der Waals surface area contributed by atoms with Crippen molar-refractivity contribution in [2.24, 2.45) is 5.84 Å². The topological polar surface area (TPSA) is 56.5 Å². The predicted molar refractivity (Wildman–Crippen MR) is 59.0 cm³/mol. The van der Waals surface area contributed by atoms with Crippen LogP contribution in [0.5, 0.6) is 0 Å². The number of rotatable bonds is 4. The van der Waals surface area contributed by atoms with Crippen molar-refractivity contribution < 1.29 is 9.47 Å². The van der Waals surface area contributed by atoms with Crippen LogP contribution in [0.4, 0.5) is 0 Å². The maximum absolute atomic E-state index is 5.64. The molecule has 0 aliphatic carbocycles. The molecule has 1 aliphatic rings. The first kappa shape index (κ1) is 12.5. The van der Waals surface area contributed by atoms with E-state index in [-0.39, 0.29) is 11.6 Å². The lowest BCUT2D eigenvalue weighted by molar-refractivity contribution is -0.109. The molecule has 4 nitrogen and oxygen atoms in total. The zero-order valence-electron chi connectivity index (χ0n) is 9.51. The van der Waals surface area contributed by atoms with E-state index >= 15 is 0 Å². The summed E-state index contributed by atoms with van der Waals surface area (Å²) in [5.41, 5.74) is 2.59. The summed E-state index contributed by atoms with van der Waals surface area (Å²) in [5, 5.41) is 0. The molecule has 0 radical (unpaired) electrons. The first-order valence-corrected chi connectivity index (χ1v) is 5.27. The Balaban J connectivity index is 2.69. The molecule has 4 heteroatoms. The molecular weight excluding hydrogens is 192 g/mol. The minimum absolute atomic E-state index is 0.0684. The van der Waals surface area contributed by atoms with Crippen molar-refractivity contribution in [2.75, 3.05) is 20.3 Å². The summed E-state index contributed by atoms with van der Waals surface area (Å²) in [6, 6.07) is 0.0684. The molecule has 1 saturated heterocycles. The third-order valence-electron chi connectivity index (χ3n) is 3.06. The average molecular weight is 212 g/mol. The number of nitrogens with two attached hydrogens (primary N) is 1. The maximum atomic E-state index is 5.64. The molecule has 1 unspecified atom stereocenters. The molecule has 1 heterocycles. The van der Waals surface area contributed by atoms with Gasteiger partial charge in [0.05, 0.1) is 11.6 Å². The molecule has 0 spiro atoms. The molecule has 0 aromatic carbocycles. The van der Waals surface area contributed by atoms with Gasteiger partial charge in [-0.3, -0.25) is 11.3 Å². The third-order valence-corrected chi connectivity index (χ3v) is 3.06. The summed E-state index contributed by atoms with van der Waals surface area (Å²) in [5.74, 6) is 11.5. The van der Waals surface area contributed by atoms with Crippen LogP contribution in [0.2, 0.25) is 0 Å². The molecule has 3 N–H and O–H groups in total. The van der Waals surface area contributed by atoms with Crippen molar-refractivity contribution in [3.63, 3.8) is 0 Å². The molecular formula is C11H20N2O2. The SMILES string of the molecule is CC#CCC(NN)C1(OC)CCOCC1. The van der Waals surface area contributed by atoms with E-state index in [2.05, 4.69) is 17.3 Å². The van der Waals surface area contributed by atoms with Crippen molar-refractivity contribution in [1.29, 1.82) is 0 Å². The summed E-state index contributed by atoms with van der Waals surface area (Å²) < 4.78 is 11.0. The standard InChI is InChI=1S/C11H20N2O2/c1-3-4-5-10(13-12)11(14-2)6-8-15-9-7-11/h10,13H,5-9,12H2,1-2H3. The van der Waals surface area contributed by atoms with Crippen molar-refractivity contribution in [3.05, 3.63) is 0 Å². The van der Waals surface area contributed by atoms with Gasteiger partial charge in [-0.25, -0.2) is 0 Å². The van der Waals surface area contributed by atoms with Crippen LogP contribution in [0.1, 0.15) is 26.2 Å². The predicted octanol–water partition coefficient (Wildman–Crippen LogP) is 0.427. The second kappa shape index (κ2) is 6.09. The zero-order chi connectivity index (χ0) is 11.1. The largest absolute Gasteiger partial charge is 0.381 e. The molecule has 1 atom stereocenters. The van der Waals surface area contributed by atoms with Crippen molar-refractivity contribution in [3.8, 4) is 11.8 Å². The van der Waals surface area contributed by atoms with Crippen LogP contribution in [0.25, 0.3) is 0 Å². The molecule has 0 bridgehead atoms. The lowest BCUT2D eigenvalue weighted by atomic mass is 9.84. The summed E-state index contributed by atoms with van der Waals surface area (Å²) in [6.07, 6.45) is 2.44. The number of hydrogen-bond donors (Lipinski definition) is 2. The Morgan fingerprint density at radius 1 is 1.53 bits per heavy atom. The van der Waals surface area contributed by atoms with Crippen LogP contribution in [0.15, 0.2) is 0 Å². The van der Waals surface area contributed by atoms with Gasteiger partial charge in [0.25, 0.3) is 0 Å². The molecule has 0 aromatic heterocycles. The zero-order valence-corrected chi connectivity index (χ0v) is 9.51. The Kier molecular flexibility index (Phi) is 5.06. The molecule has 1 fully saturated rings. The van der Waals surface area contributed by atoms with Crippen molar-refractivity contribution in [1.82, 2.24) is 5.43 Å². The van der Waals surface area contributed by atoms with Crippen LogP contribution in [-0.4, -0.2) is 32.0 Å². The molecule has 15 heavy (non-hydrogen) atoms. The first-order chi connectivity index (χ1) is 7.29. The van der Waals surface area contributed by atoms with E-state index in [0.717, 1.165) is 26.1 Å². The van der Waals surface area contributed by atoms with Crippen LogP contribution in [-0.2, 0) is 9.47 Å². The molecule has 1 rings (SSSR count). The smallest absolute Gasteiger partial charge is 0.0897 e. The van der Waals surface area contributed by atoms with Crippen LogP contribution >= 0.6 is 0 Å². The van der Waals surface area contributed by atoms with E-state index < -0.39 is 0 Å². The number of methoxy groups -OCH3 is 1. The number of nitrogens with one attached hydrogen (secondary N) is 1. The van der Waals surface area contributed by atoms with E-state index in [4.69, 9.17) is 15.3 Å². The van der Waals surface area contributed by atoms with Crippen molar-refractivity contribution >= 4 is 0 Å². The number of hydrazine groups is 1. The van der Waals surface area contributed by atoms with Crippen LogP contribution < -0.4 is 11.3 Å². The van der Waals surface area contributed by atoms with Gasteiger partial charge in [-0.2, -0.15) is 0 Å². The van der Waals surface area contributed by atoms with Crippen LogP contribution in [0.3, 0.4) is 0 Å². The van der Waals surface area contributed by atoms with E-state index in [1.165, 1.54) is 0 Å². The Hall–Kier alpha value is -0.600. The minimum atomic E-state index is -0.225. The normalized spacial score (nSPS) is 21.5. The second-order valence-electron chi connectivity index (χ2n) is 3.73. The highest BCUT2D eigenvalue weighted by molar-refractivity contribution is 5.04. The van der Waals surface area contributed by atoms with E-state index in [1.54, 1.807) is 7.11 Å². The molecule has 0 amide bonds. The van der Waals surface area contributed by atoms with Gasteiger partial charge < -0.3 is 9.47 Å². The summed E-state index contributed by atoms with van der Waals surface area (Å²) >= 11 is 0. The monoisotopic (exact) mass is 212 g/mol. The van der Waals surface area contributed by atoms with Gasteiger partial charge in [0, 0.05) is 39.6 Å².